The van der Waals surface area contributed by atoms with Crippen molar-refractivity contribution >= 4 is 59.9 Å². The summed E-state index contributed by atoms with van der Waals surface area (Å²) in [5.74, 6) is -2.63. The van der Waals surface area contributed by atoms with Crippen molar-refractivity contribution in [2.24, 2.45) is 0 Å². The van der Waals surface area contributed by atoms with Crippen LogP contribution in [0.2, 0.25) is 0 Å². The summed E-state index contributed by atoms with van der Waals surface area (Å²) in [5, 5.41) is 1.21. The van der Waals surface area contributed by atoms with Gasteiger partial charge in [-0.1, -0.05) is 12.2 Å². The molecule has 338 valence electrons. The van der Waals surface area contributed by atoms with Gasteiger partial charge in [0.15, 0.2) is 0 Å². The van der Waals surface area contributed by atoms with Gasteiger partial charge in [0.25, 0.3) is 11.8 Å². The number of carbonyl (C=O) groups excluding carboxylic acids is 3. The van der Waals surface area contributed by atoms with Crippen LogP contribution in [0.1, 0.15) is 63.5 Å². The fourth-order valence-corrected chi connectivity index (χ4v) is 8.81. The van der Waals surface area contributed by atoms with Crippen molar-refractivity contribution in [1.29, 1.82) is 0 Å². The normalized spacial score (nSPS) is 17.8. The molecule has 3 heterocycles. The molecule has 1 aromatic carbocycles. The molecule has 24 heteroatoms. The van der Waals surface area contributed by atoms with Gasteiger partial charge in [-0.3, -0.25) is 9.59 Å². The first-order valence-corrected chi connectivity index (χ1v) is 24.2. The average Bonchev–Trinajstić information content (AvgIpc) is 3.63. The van der Waals surface area contributed by atoms with Crippen molar-refractivity contribution in [3.05, 3.63) is 83.1 Å². The van der Waals surface area contributed by atoms with E-state index in [0.717, 1.165) is 16.5 Å². The van der Waals surface area contributed by atoms with E-state index in [1.165, 1.54) is 24.5 Å². The van der Waals surface area contributed by atoms with Crippen LogP contribution >= 0.6 is 0 Å². The van der Waals surface area contributed by atoms with E-state index in [0.29, 0.717) is 40.9 Å². The number of ether oxygens (including phenoxy) is 2. The van der Waals surface area contributed by atoms with Crippen molar-refractivity contribution in [3.63, 3.8) is 0 Å². The minimum atomic E-state index is -4.89. The molecule has 1 aliphatic carbocycles. The Hall–Kier alpha value is -2.81. The van der Waals surface area contributed by atoms with Gasteiger partial charge >= 0.3 is 65.1 Å². The largest absolute Gasteiger partial charge is 1.00 e. The number of nitrogens with zero attached hydrogens (tertiary/aromatic N) is 3. The molecule has 0 spiro atoms. The molecule has 1 saturated heterocycles. The fraction of sp³-hybridized carbons (Fsp3) is 0.450. The SMILES string of the molecule is CC[N+](CCCS(=O)(=O)[O-])=c1ccc2c(/C=C/C=C3/N(CCOCCOCCC(=O)ON4C(=O)CCC4=O)c4ccc(S(=O)(=O)[O-])cc4C3(C)CCCS(=O)(=O)[O-])ccoc-2c1.[Na+].[Na+]. The third-order valence-corrected chi connectivity index (χ3v) is 12.8. The summed E-state index contributed by atoms with van der Waals surface area (Å²) in [6.07, 6.45) is 6.72. The van der Waals surface area contributed by atoms with Gasteiger partial charge in [0.1, 0.15) is 29.0 Å². The molecule has 1 fully saturated rings. The van der Waals surface area contributed by atoms with E-state index in [9.17, 15) is 53.3 Å². The van der Waals surface area contributed by atoms with Crippen molar-refractivity contribution in [1.82, 2.24) is 9.64 Å². The minimum Gasteiger partial charge on any atom is -0.748 e. The summed E-state index contributed by atoms with van der Waals surface area (Å²) in [6.45, 7) is 4.94. The quantitative estimate of drug-likeness (QED) is 0.0306. The number of fused-ring (bicyclic) bond motifs is 2. The van der Waals surface area contributed by atoms with Crippen molar-refractivity contribution in [2.45, 2.75) is 62.7 Å². The van der Waals surface area contributed by atoms with E-state index >= 15 is 0 Å². The third kappa shape index (κ3) is 15.4. The van der Waals surface area contributed by atoms with E-state index < -0.39 is 70.0 Å². The predicted octanol–water partition coefficient (Wildman–Crippen LogP) is -3.95. The smallest absolute Gasteiger partial charge is 0.748 e. The molecule has 1 aromatic rings. The molecule has 1 atom stereocenters. The molecule has 5 rings (SSSR count). The molecule has 0 saturated carbocycles. The van der Waals surface area contributed by atoms with Crippen LogP contribution < -0.4 is 73.9 Å². The summed E-state index contributed by atoms with van der Waals surface area (Å²) >= 11 is 0. The maximum absolute atomic E-state index is 12.2. The van der Waals surface area contributed by atoms with E-state index in [1.54, 1.807) is 31.2 Å². The topological polar surface area (TPSA) is 273 Å². The van der Waals surface area contributed by atoms with Crippen LogP contribution in [-0.4, -0.2) is 119 Å². The number of rotatable bonds is 22. The Labute approximate surface area is 416 Å². The molecule has 4 aliphatic rings. The van der Waals surface area contributed by atoms with Crippen LogP contribution in [-0.2, 0) is 64.5 Å². The summed E-state index contributed by atoms with van der Waals surface area (Å²) in [4.78, 5) is 41.5. The number of hydrogen-bond donors (Lipinski definition) is 0. The summed E-state index contributed by atoms with van der Waals surface area (Å²) < 4.78 is 124. The van der Waals surface area contributed by atoms with Gasteiger partial charge in [0, 0.05) is 65.7 Å². The van der Waals surface area contributed by atoms with Gasteiger partial charge in [-0.2, -0.15) is 0 Å². The Morgan fingerprint density at radius 2 is 1.53 bits per heavy atom. The van der Waals surface area contributed by atoms with Crippen LogP contribution in [0.5, 0.6) is 0 Å². The summed E-state index contributed by atoms with van der Waals surface area (Å²) in [7, 11) is -13.8. The van der Waals surface area contributed by atoms with Crippen molar-refractivity contribution in [2.75, 3.05) is 62.5 Å². The summed E-state index contributed by atoms with van der Waals surface area (Å²) in [6, 6.07) is 11.2. The number of carbonyl (C=O) groups is 3. The third-order valence-electron chi connectivity index (χ3n) is 10.4. The maximum atomic E-state index is 12.2. The van der Waals surface area contributed by atoms with Crippen LogP contribution in [0, 0.1) is 0 Å². The minimum absolute atomic E-state index is 0. The zero-order valence-corrected chi connectivity index (χ0v) is 42.5. The van der Waals surface area contributed by atoms with Gasteiger partial charge in [0.05, 0.1) is 70.3 Å². The molecule has 3 aliphatic heterocycles. The van der Waals surface area contributed by atoms with Crippen LogP contribution in [0.25, 0.3) is 17.4 Å². The van der Waals surface area contributed by atoms with E-state index in [4.69, 9.17) is 18.7 Å². The number of allylic oxidation sites excluding steroid dienone is 3. The summed E-state index contributed by atoms with van der Waals surface area (Å²) in [5.41, 5.74) is 1.92. The standard InChI is InChI=1S/C40H49N3O16S3.2Na/c1-3-41(18-6-26-61(50,51)52)30-9-11-32-29(15-21-58-35(32)27-30)7-4-8-36-40(2,17-5-25-60(47,48)49)33-28-31(62(53,54)55)10-12-34(33)42(36)19-22-57-24-23-56-20-16-39(46)59-43-37(44)13-14-38(43)45;;/h4,7-12,15,21,27-28H,3,5-6,13-14,16-20,22-26H2,1-2H3,(H2-,47,48,49,50,51,52,53,54,55);;/q;2*+1/p-2. The molecule has 0 radical (unpaired) electrons. The Morgan fingerprint density at radius 1 is 0.875 bits per heavy atom. The number of anilines is 1. The van der Waals surface area contributed by atoms with Gasteiger partial charge < -0.3 is 37.3 Å². The van der Waals surface area contributed by atoms with E-state index in [1.807, 2.05) is 34.6 Å². The average molecular weight is 968 g/mol. The molecule has 0 bridgehead atoms. The van der Waals surface area contributed by atoms with Crippen LogP contribution in [0.3, 0.4) is 0 Å². The van der Waals surface area contributed by atoms with Crippen molar-refractivity contribution < 1.29 is 131 Å². The Balaban J connectivity index is 0.00000544. The zero-order chi connectivity index (χ0) is 45.3. The molecular formula is C40H47N3Na2O16S3. The monoisotopic (exact) mass is 967 g/mol. The first-order chi connectivity index (χ1) is 29.2. The number of benzene rings is 2. The molecule has 19 nitrogen and oxygen atoms in total. The van der Waals surface area contributed by atoms with E-state index in [-0.39, 0.29) is 131 Å². The molecular weight excluding hydrogens is 921 g/mol. The van der Waals surface area contributed by atoms with Gasteiger partial charge in [0.2, 0.25) is 5.36 Å². The number of hydroxylamine groups is 2. The van der Waals surface area contributed by atoms with Crippen LogP contribution in [0.4, 0.5) is 5.69 Å². The second-order valence-corrected chi connectivity index (χ2v) is 19.1. The molecule has 2 amide bonds. The second kappa shape index (κ2) is 24.3. The van der Waals surface area contributed by atoms with Gasteiger partial charge in [-0.25, -0.2) is 34.6 Å². The number of imide groups is 1. The van der Waals surface area contributed by atoms with E-state index in [2.05, 4.69) is 0 Å². The fourth-order valence-electron chi connectivity index (χ4n) is 7.34. The molecule has 64 heavy (non-hydrogen) atoms. The predicted molar refractivity (Wildman–Crippen MR) is 219 cm³/mol. The molecule has 0 N–H and O–H groups in total. The number of amides is 2. The second-order valence-electron chi connectivity index (χ2n) is 14.7. The Morgan fingerprint density at radius 3 is 2.17 bits per heavy atom. The first-order valence-electron chi connectivity index (χ1n) is 19.7. The van der Waals surface area contributed by atoms with Crippen LogP contribution in [0.15, 0.2) is 75.9 Å². The molecule has 1 unspecified atom stereocenters. The number of hydrogen-bond acceptors (Lipinski definition) is 17. The van der Waals surface area contributed by atoms with Crippen molar-refractivity contribution in [3.8, 4) is 11.3 Å². The zero-order valence-electron chi connectivity index (χ0n) is 36.1. The van der Waals surface area contributed by atoms with Gasteiger partial charge in [-0.05, 0) is 74.2 Å². The Kier molecular flexibility index (Phi) is 21.1. The first kappa shape index (κ1) is 55.5. The Bertz CT molecular complexity index is 2580. The van der Waals surface area contributed by atoms with Gasteiger partial charge in [-0.15, -0.1) is 5.06 Å². The maximum Gasteiger partial charge on any atom is 1.00 e. The molecule has 0 aromatic heterocycles.